The Balaban J connectivity index is 1.18. The number of rotatable bonds is 8. The van der Waals surface area contributed by atoms with E-state index in [2.05, 4.69) is 34.7 Å². The average molecular weight is 567 g/mol. The van der Waals surface area contributed by atoms with Crippen molar-refractivity contribution in [2.75, 3.05) is 6.54 Å². The third kappa shape index (κ3) is 8.01. The number of amides is 2. The van der Waals surface area contributed by atoms with Crippen LogP contribution in [0.4, 0.5) is 9.59 Å². The maximum Gasteiger partial charge on any atom is 0.410 e. The van der Waals surface area contributed by atoms with Gasteiger partial charge >= 0.3 is 12.2 Å². The van der Waals surface area contributed by atoms with Crippen LogP contribution in [0.15, 0.2) is 34.9 Å². The van der Waals surface area contributed by atoms with Crippen molar-refractivity contribution in [2.45, 2.75) is 128 Å². The minimum Gasteiger partial charge on any atom is -0.444 e. The van der Waals surface area contributed by atoms with Crippen molar-refractivity contribution in [3.63, 3.8) is 0 Å². The van der Waals surface area contributed by atoms with Crippen LogP contribution in [0.2, 0.25) is 0 Å². The Labute approximate surface area is 243 Å². The normalized spacial score (nSPS) is 25.2. The number of aromatic nitrogens is 2. The zero-order chi connectivity index (χ0) is 29.4. The molecule has 0 saturated heterocycles. The molecule has 2 amide bonds. The number of hydrogen-bond donors (Lipinski definition) is 1. The highest BCUT2D eigenvalue weighted by Gasteiger charge is 2.52. The lowest BCUT2D eigenvalue weighted by molar-refractivity contribution is 0.0186. The largest absolute Gasteiger partial charge is 0.444 e. The van der Waals surface area contributed by atoms with Gasteiger partial charge in [0.25, 0.3) is 0 Å². The third-order valence-corrected chi connectivity index (χ3v) is 8.29. The SMILES string of the molecule is CC(C)(C)OC(=O)NC1CCC(c2nc(CC3(CN(C(=O)OC(C)(C)C)[C@@H]4C[C@H]4c4ccccc4)CC3)no2)CC1. The second kappa shape index (κ2) is 11.3. The van der Waals surface area contributed by atoms with E-state index in [1.54, 1.807) is 0 Å². The van der Waals surface area contributed by atoms with Gasteiger partial charge in [-0.2, -0.15) is 4.98 Å². The van der Waals surface area contributed by atoms with Crippen molar-refractivity contribution in [1.82, 2.24) is 20.4 Å². The Bertz CT molecular complexity index is 1200. The Kier molecular flexibility index (Phi) is 8.09. The number of hydrogen-bond acceptors (Lipinski definition) is 7. The molecule has 0 spiro atoms. The Morgan fingerprint density at radius 3 is 2.27 bits per heavy atom. The lowest BCUT2D eigenvalue weighted by Gasteiger charge is -2.30. The van der Waals surface area contributed by atoms with E-state index in [-0.39, 0.29) is 35.6 Å². The van der Waals surface area contributed by atoms with Crippen LogP contribution in [0.5, 0.6) is 0 Å². The van der Waals surface area contributed by atoms with Crippen LogP contribution >= 0.6 is 0 Å². The van der Waals surface area contributed by atoms with E-state index in [9.17, 15) is 9.59 Å². The van der Waals surface area contributed by atoms with Crippen LogP contribution < -0.4 is 5.32 Å². The highest BCUT2D eigenvalue weighted by molar-refractivity contribution is 5.70. The lowest BCUT2D eigenvalue weighted by Crippen LogP contribution is -2.42. The number of nitrogens with zero attached hydrogens (tertiary/aromatic N) is 3. The van der Waals surface area contributed by atoms with Crippen molar-refractivity contribution < 1.29 is 23.6 Å². The summed E-state index contributed by atoms with van der Waals surface area (Å²) in [5.74, 6) is 1.93. The summed E-state index contributed by atoms with van der Waals surface area (Å²) in [5.41, 5.74) is 0.172. The van der Waals surface area contributed by atoms with E-state index in [0.29, 0.717) is 30.6 Å². The van der Waals surface area contributed by atoms with Gasteiger partial charge in [0.1, 0.15) is 11.2 Å². The molecule has 5 rings (SSSR count). The molecule has 0 unspecified atom stereocenters. The molecule has 1 N–H and O–H groups in total. The first-order valence-electron chi connectivity index (χ1n) is 15.2. The average Bonchev–Trinajstić information content (AvgIpc) is 3.78. The predicted octanol–water partition coefficient (Wildman–Crippen LogP) is 6.74. The van der Waals surface area contributed by atoms with Gasteiger partial charge in [0, 0.05) is 36.9 Å². The Morgan fingerprint density at radius 2 is 1.66 bits per heavy atom. The number of ether oxygens (including phenoxy) is 2. The molecule has 3 fully saturated rings. The van der Waals surface area contributed by atoms with E-state index in [1.807, 2.05) is 52.5 Å². The number of carbonyl (C=O) groups is 2. The second-order valence-corrected chi connectivity index (χ2v) is 14.3. The van der Waals surface area contributed by atoms with Crippen molar-refractivity contribution in [1.29, 1.82) is 0 Å². The highest BCUT2D eigenvalue weighted by Crippen LogP contribution is 2.52. The first-order chi connectivity index (χ1) is 19.3. The molecule has 1 aromatic heterocycles. The molecule has 1 heterocycles. The molecule has 0 aliphatic heterocycles. The standard InChI is InChI=1S/C32H46N4O5/c1-30(2,3)39-28(37)33-23-14-12-22(13-15-23)27-34-26(35-41-27)19-32(16-17-32)20-36(29(38)40-31(4,5)6)25-18-24(25)21-10-8-7-9-11-21/h7-11,22-25H,12-20H2,1-6H3,(H,33,37)/t22?,23?,24-,25+/m0/s1. The van der Waals surface area contributed by atoms with Gasteiger partial charge in [-0.05, 0) is 97.5 Å². The Hall–Kier alpha value is -3.10. The molecule has 2 aromatic rings. The summed E-state index contributed by atoms with van der Waals surface area (Å²) in [5, 5.41) is 7.34. The van der Waals surface area contributed by atoms with E-state index in [0.717, 1.165) is 44.9 Å². The van der Waals surface area contributed by atoms with Gasteiger partial charge in [0.15, 0.2) is 5.82 Å². The molecule has 3 aliphatic carbocycles. The topological polar surface area (TPSA) is 107 Å². The van der Waals surface area contributed by atoms with Crippen LogP contribution in [0.1, 0.15) is 116 Å². The number of alkyl carbamates (subject to hydrolysis) is 1. The molecular weight excluding hydrogens is 520 g/mol. The first kappa shape index (κ1) is 29.4. The third-order valence-electron chi connectivity index (χ3n) is 8.29. The minimum atomic E-state index is -0.548. The molecule has 1 aromatic carbocycles. The van der Waals surface area contributed by atoms with Gasteiger partial charge in [-0.3, -0.25) is 0 Å². The maximum atomic E-state index is 13.4. The molecule has 2 atom stereocenters. The molecular formula is C32H46N4O5. The quantitative estimate of drug-likeness (QED) is 0.377. The minimum absolute atomic E-state index is 0.0448. The summed E-state index contributed by atoms with van der Waals surface area (Å²) in [4.78, 5) is 32.3. The van der Waals surface area contributed by atoms with Crippen LogP contribution in [-0.4, -0.2) is 57.1 Å². The van der Waals surface area contributed by atoms with Crippen molar-refractivity contribution in [3.05, 3.63) is 47.6 Å². The molecule has 3 aliphatic rings. The zero-order valence-electron chi connectivity index (χ0n) is 25.4. The monoisotopic (exact) mass is 566 g/mol. The number of benzene rings is 1. The number of nitrogens with one attached hydrogen (secondary N) is 1. The summed E-state index contributed by atoms with van der Waals surface area (Å²) in [6.07, 6.45) is 6.55. The second-order valence-electron chi connectivity index (χ2n) is 14.3. The summed E-state index contributed by atoms with van der Waals surface area (Å²) in [6, 6.07) is 10.7. The van der Waals surface area contributed by atoms with Crippen molar-refractivity contribution in [2.24, 2.45) is 5.41 Å². The Morgan fingerprint density at radius 1 is 1.00 bits per heavy atom. The summed E-state index contributed by atoms with van der Waals surface area (Å²) >= 11 is 0. The van der Waals surface area contributed by atoms with E-state index in [4.69, 9.17) is 19.0 Å². The molecule has 9 heteroatoms. The summed E-state index contributed by atoms with van der Waals surface area (Å²) in [7, 11) is 0. The van der Waals surface area contributed by atoms with Crippen LogP contribution in [-0.2, 0) is 15.9 Å². The number of carbonyl (C=O) groups excluding carboxylic acids is 2. The van der Waals surface area contributed by atoms with Gasteiger partial charge in [-0.25, -0.2) is 9.59 Å². The van der Waals surface area contributed by atoms with E-state index in [1.165, 1.54) is 5.56 Å². The van der Waals surface area contributed by atoms with Gasteiger partial charge < -0.3 is 24.2 Å². The molecule has 0 bridgehead atoms. The first-order valence-corrected chi connectivity index (χ1v) is 15.2. The smallest absolute Gasteiger partial charge is 0.410 e. The summed E-state index contributed by atoms with van der Waals surface area (Å²) in [6.45, 7) is 12.0. The highest BCUT2D eigenvalue weighted by atomic mass is 16.6. The molecule has 9 nitrogen and oxygen atoms in total. The van der Waals surface area contributed by atoms with Gasteiger partial charge in [-0.15, -0.1) is 0 Å². The van der Waals surface area contributed by atoms with Crippen molar-refractivity contribution >= 4 is 12.2 Å². The molecule has 3 saturated carbocycles. The molecule has 41 heavy (non-hydrogen) atoms. The zero-order valence-corrected chi connectivity index (χ0v) is 25.4. The molecule has 0 radical (unpaired) electrons. The van der Waals surface area contributed by atoms with E-state index < -0.39 is 11.2 Å². The van der Waals surface area contributed by atoms with Crippen LogP contribution in [0.3, 0.4) is 0 Å². The van der Waals surface area contributed by atoms with Gasteiger partial charge in [-0.1, -0.05) is 35.5 Å². The van der Waals surface area contributed by atoms with Crippen molar-refractivity contribution in [3.8, 4) is 0 Å². The fourth-order valence-electron chi connectivity index (χ4n) is 5.95. The maximum absolute atomic E-state index is 13.4. The fourth-order valence-corrected chi connectivity index (χ4v) is 5.95. The van der Waals surface area contributed by atoms with Gasteiger partial charge in [0.2, 0.25) is 5.89 Å². The van der Waals surface area contributed by atoms with Crippen LogP contribution in [0, 0.1) is 5.41 Å². The van der Waals surface area contributed by atoms with E-state index >= 15 is 0 Å². The lowest BCUT2D eigenvalue weighted by atomic mass is 9.86. The summed E-state index contributed by atoms with van der Waals surface area (Å²) < 4.78 is 17.0. The molecule has 224 valence electrons. The van der Waals surface area contributed by atoms with Gasteiger partial charge in [0.05, 0.1) is 0 Å². The van der Waals surface area contributed by atoms with Crippen LogP contribution in [0.25, 0.3) is 0 Å². The predicted molar refractivity (Wildman–Crippen MR) is 155 cm³/mol. The fraction of sp³-hybridized carbons (Fsp3) is 0.688.